The lowest BCUT2D eigenvalue weighted by Gasteiger charge is -2.19. The van der Waals surface area contributed by atoms with Crippen LogP contribution >= 0.6 is 0 Å². The van der Waals surface area contributed by atoms with Gasteiger partial charge in [0.05, 0.1) is 11.3 Å². The van der Waals surface area contributed by atoms with Gasteiger partial charge in [0.15, 0.2) is 5.78 Å². The molecule has 0 unspecified atom stereocenters. The molecular weight excluding hydrogens is 304 g/mol. The number of nitrogens with zero attached hydrogens (tertiary/aromatic N) is 2. The smallest absolute Gasteiger partial charge is 0.335 e. The molecule has 1 N–H and O–H groups in total. The molecule has 0 saturated heterocycles. The Morgan fingerprint density at radius 1 is 1.00 bits per heavy atom. The summed E-state index contributed by atoms with van der Waals surface area (Å²) < 4.78 is 0. The highest BCUT2D eigenvalue weighted by Crippen LogP contribution is 2.27. The lowest BCUT2D eigenvalue weighted by molar-refractivity contribution is 0.0696. The summed E-state index contributed by atoms with van der Waals surface area (Å²) in [5, 5.41) is 9.00. The maximum Gasteiger partial charge on any atom is 0.335 e. The van der Waals surface area contributed by atoms with E-state index in [9.17, 15) is 9.59 Å². The maximum absolute atomic E-state index is 12.6. The Balaban J connectivity index is 2.55. The molecule has 126 valence electrons. The first-order chi connectivity index (χ1) is 11.1. The fraction of sp³-hybridized carbons (Fsp3) is 0.316. The van der Waals surface area contributed by atoms with Crippen LogP contribution in [0.2, 0.25) is 0 Å². The molecule has 0 spiro atoms. The van der Waals surface area contributed by atoms with Crippen molar-refractivity contribution in [2.24, 2.45) is 5.41 Å². The standard InChI is InChI=1S/C19H22N2O3/c1-19(2,3)17(22)14-10-15(20-16(11-14)21(4)5)12-6-8-13(9-7-12)18(23)24/h6-11H,1-5H3,(H,23,24). The Labute approximate surface area is 142 Å². The van der Waals surface area contributed by atoms with E-state index in [0.29, 0.717) is 17.1 Å². The zero-order valence-corrected chi connectivity index (χ0v) is 14.6. The zero-order valence-electron chi connectivity index (χ0n) is 14.6. The molecule has 0 aliphatic heterocycles. The quantitative estimate of drug-likeness (QED) is 0.867. The van der Waals surface area contributed by atoms with Crippen molar-refractivity contribution in [3.63, 3.8) is 0 Å². The van der Waals surface area contributed by atoms with E-state index in [1.54, 1.807) is 24.3 Å². The number of carboxylic acid groups (broad SMARTS) is 1. The highest BCUT2D eigenvalue weighted by molar-refractivity contribution is 6.01. The number of aromatic nitrogens is 1. The summed E-state index contributed by atoms with van der Waals surface area (Å²) in [6, 6.07) is 10.0. The van der Waals surface area contributed by atoms with Crippen LogP contribution < -0.4 is 4.90 Å². The lowest BCUT2D eigenvalue weighted by Crippen LogP contribution is -2.21. The Kier molecular flexibility index (Phi) is 4.73. The summed E-state index contributed by atoms with van der Waals surface area (Å²) in [5.41, 5.74) is 1.74. The van der Waals surface area contributed by atoms with Crippen LogP contribution in [-0.2, 0) is 0 Å². The summed E-state index contributed by atoms with van der Waals surface area (Å²) >= 11 is 0. The number of carboxylic acids is 1. The van der Waals surface area contributed by atoms with Crippen LogP contribution in [0.5, 0.6) is 0 Å². The van der Waals surface area contributed by atoms with Crippen LogP contribution in [0.15, 0.2) is 36.4 Å². The number of rotatable bonds is 4. The van der Waals surface area contributed by atoms with Crippen LogP contribution in [0, 0.1) is 5.41 Å². The molecule has 0 bridgehead atoms. The van der Waals surface area contributed by atoms with Crippen LogP contribution in [0.25, 0.3) is 11.3 Å². The van der Waals surface area contributed by atoms with Gasteiger partial charge < -0.3 is 10.0 Å². The zero-order chi connectivity index (χ0) is 18.1. The molecule has 1 aromatic carbocycles. The first-order valence-corrected chi connectivity index (χ1v) is 7.67. The number of hydrogen-bond acceptors (Lipinski definition) is 4. The Morgan fingerprint density at radius 3 is 2.04 bits per heavy atom. The van der Waals surface area contributed by atoms with Crippen LogP contribution in [-0.4, -0.2) is 35.9 Å². The van der Waals surface area contributed by atoms with Crippen molar-refractivity contribution in [2.45, 2.75) is 20.8 Å². The first kappa shape index (κ1) is 17.7. The van der Waals surface area contributed by atoms with Crippen molar-refractivity contribution >= 4 is 17.6 Å². The van der Waals surface area contributed by atoms with E-state index in [1.807, 2.05) is 39.8 Å². The number of anilines is 1. The minimum absolute atomic E-state index is 0.0383. The highest BCUT2D eigenvalue weighted by Gasteiger charge is 2.24. The van der Waals surface area contributed by atoms with Gasteiger partial charge in [-0.05, 0) is 24.3 Å². The third kappa shape index (κ3) is 3.79. The lowest BCUT2D eigenvalue weighted by atomic mass is 9.86. The van der Waals surface area contributed by atoms with Gasteiger partial charge in [0.25, 0.3) is 0 Å². The number of aromatic carboxylic acids is 1. The predicted octanol–water partition coefficient (Wildman–Crippen LogP) is 3.74. The van der Waals surface area contributed by atoms with Gasteiger partial charge in [0, 0.05) is 30.6 Å². The van der Waals surface area contributed by atoms with Gasteiger partial charge in [-0.25, -0.2) is 9.78 Å². The minimum Gasteiger partial charge on any atom is -0.478 e. The molecule has 2 rings (SSSR count). The molecule has 0 fully saturated rings. The maximum atomic E-state index is 12.6. The summed E-state index contributed by atoms with van der Waals surface area (Å²) in [6.45, 7) is 5.64. The topological polar surface area (TPSA) is 70.5 Å². The molecular formula is C19H22N2O3. The molecule has 0 atom stereocenters. The van der Waals surface area contributed by atoms with Gasteiger partial charge in [-0.15, -0.1) is 0 Å². The second-order valence-corrected chi connectivity index (χ2v) is 6.96. The Bertz CT molecular complexity index is 772. The molecule has 0 aliphatic carbocycles. The second kappa shape index (κ2) is 6.43. The van der Waals surface area contributed by atoms with Crippen molar-refractivity contribution in [1.29, 1.82) is 0 Å². The molecule has 1 heterocycles. The van der Waals surface area contributed by atoms with E-state index >= 15 is 0 Å². The molecule has 0 aliphatic rings. The molecule has 1 aromatic heterocycles. The predicted molar refractivity (Wildman–Crippen MR) is 94.7 cm³/mol. The number of hydrogen-bond donors (Lipinski definition) is 1. The molecule has 5 heteroatoms. The number of carbonyl (C=O) groups excluding carboxylic acids is 1. The van der Waals surface area contributed by atoms with E-state index in [4.69, 9.17) is 5.11 Å². The number of Topliss-reactive ketones (excluding diaryl/α,β-unsaturated/α-hetero) is 1. The molecule has 0 saturated carbocycles. The van der Waals surface area contributed by atoms with Crippen molar-refractivity contribution in [3.8, 4) is 11.3 Å². The van der Waals surface area contributed by atoms with E-state index < -0.39 is 11.4 Å². The van der Waals surface area contributed by atoms with Crippen molar-refractivity contribution in [1.82, 2.24) is 4.98 Å². The monoisotopic (exact) mass is 326 g/mol. The third-order valence-corrected chi connectivity index (χ3v) is 3.64. The first-order valence-electron chi connectivity index (χ1n) is 7.67. The van der Waals surface area contributed by atoms with Crippen molar-refractivity contribution in [2.75, 3.05) is 19.0 Å². The molecule has 2 aromatic rings. The highest BCUT2D eigenvalue weighted by atomic mass is 16.4. The average Bonchev–Trinajstić information content (AvgIpc) is 2.52. The van der Waals surface area contributed by atoms with Gasteiger partial charge in [-0.2, -0.15) is 0 Å². The largest absolute Gasteiger partial charge is 0.478 e. The van der Waals surface area contributed by atoms with Crippen LogP contribution in [0.1, 0.15) is 41.5 Å². The third-order valence-electron chi connectivity index (χ3n) is 3.64. The van der Waals surface area contributed by atoms with Crippen LogP contribution in [0.4, 0.5) is 5.82 Å². The molecule has 0 amide bonds. The normalized spacial score (nSPS) is 11.2. The molecule has 24 heavy (non-hydrogen) atoms. The number of benzene rings is 1. The number of ketones is 1. The fourth-order valence-corrected chi connectivity index (χ4v) is 2.24. The van der Waals surface area contributed by atoms with Gasteiger partial charge in [-0.3, -0.25) is 4.79 Å². The average molecular weight is 326 g/mol. The second-order valence-electron chi connectivity index (χ2n) is 6.96. The summed E-state index contributed by atoms with van der Waals surface area (Å²) in [7, 11) is 3.73. The summed E-state index contributed by atoms with van der Waals surface area (Å²) in [6.07, 6.45) is 0. The summed E-state index contributed by atoms with van der Waals surface area (Å²) in [4.78, 5) is 30.0. The van der Waals surface area contributed by atoms with Gasteiger partial charge in [-0.1, -0.05) is 32.9 Å². The molecule has 0 radical (unpaired) electrons. The fourth-order valence-electron chi connectivity index (χ4n) is 2.24. The Hall–Kier alpha value is -2.69. The van der Waals surface area contributed by atoms with Crippen molar-refractivity contribution < 1.29 is 14.7 Å². The minimum atomic E-state index is -0.972. The van der Waals surface area contributed by atoms with Gasteiger partial charge in [0.1, 0.15) is 5.82 Å². The van der Waals surface area contributed by atoms with E-state index in [1.165, 1.54) is 12.1 Å². The van der Waals surface area contributed by atoms with Gasteiger partial charge >= 0.3 is 5.97 Å². The Morgan fingerprint density at radius 2 is 1.58 bits per heavy atom. The SMILES string of the molecule is CN(C)c1cc(C(=O)C(C)(C)C)cc(-c2ccc(C(=O)O)cc2)n1. The van der Waals surface area contributed by atoms with Gasteiger partial charge in [0.2, 0.25) is 0 Å². The van der Waals surface area contributed by atoms with Crippen molar-refractivity contribution in [3.05, 3.63) is 47.5 Å². The van der Waals surface area contributed by atoms with E-state index in [-0.39, 0.29) is 11.3 Å². The number of pyridine rings is 1. The molecule has 5 nitrogen and oxygen atoms in total. The van der Waals surface area contributed by atoms with Crippen LogP contribution in [0.3, 0.4) is 0 Å². The van der Waals surface area contributed by atoms with E-state index in [2.05, 4.69) is 4.98 Å². The van der Waals surface area contributed by atoms with E-state index in [0.717, 1.165) is 5.56 Å². The number of carbonyl (C=O) groups is 2. The summed E-state index contributed by atoms with van der Waals surface area (Å²) in [5.74, 6) is -0.251.